The second-order valence-corrected chi connectivity index (χ2v) is 6.49. The molecule has 2 heterocycles. The minimum absolute atomic E-state index is 0.112. The molecule has 0 fully saturated rings. The van der Waals surface area contributed by atoms with Crippen LogP contribution in [-0.4, -0.2) is 28.8 Å². The van der Waals surface area contributed by atoms with Gasteiger partial charge in [-0.1, -0.05) is 0 Å². The van der Waals surface area contributed by atoms with E-state index in [-0.39, 0.29) is 5.91 Å². The summed E-state index contributed by atoms with van der Waals surface area (Å²) < 4.78 is 7.50. The summed E-state index contributed by atoms with van der Waals surface area (Å²) >= 11 is 1.43. The van der Waals surface area contributed by atoms with E-state index in [1.807, 2.05) is 49.7 Å². The molecule has 25 heavy (non-hydrogen) atoms. The molecule has 1 amide bonds. The zero-order valence-corrected chi connectivity index (χ0v) is 15.0. The molecular formula is C18H20N4O2S. The Bertz CT molecular complexity index is 885. The standard InChI is InChI=1S/C18H20N4O2S/c1-12-6-10-25-17(12)18(23)21-13-3-4-16(24-9-7-19)14(11-13)15-5-8-20-22(15)2/h3-6,8,10-11H,7,9,19H2,1-2H3,(H,21,23). The maximum Gasteiger partial charge on any atom is 0.265 e. The third-order valence-corrected chi connectivity index (χ3v) is 4.79. The number of aromatic nitrogens is 2. The molecular weight excluding hydrogens is 336 g/mol. The Balaban J connectivity index is 1.92. The molecule has 0 aliphatic heterocycles. The lowest BCUT2D eigenvalue weighted by atomic mass is 10.1. The maximum absolute atomic E-state index is 12.5. The molecule has 0 unspecified atom stereocenters. The Morgan fingerprint density at radius 3 is 2.84 bits per heavy atom. The lowest BCUT2D eigenvalue weighted by Gasteiger charge is -2.13. The van der Waals surface area contributed by atoms with Gasteiger partial charge in [0.15, 0.2) is 0 Å². The summed E-state index contributed by atoms with van der Waals surface area (Å²) in [5, 5.41) is 9.07. The fourth-order valence-electron chi connectivity index (χ4n) is 2.53. The topological polar surface area (TPSA) is 82.2 Å². The van der Waals surface area contributed by atoms with Crippen LogP contribution in [0.4, 0.5) is 5.69 Å². The number of nitrogens with zero attached hydrogens (tertiary/aromatic N) is 2. The molecule has 3 rings (SSSR count). The minimum Gasteiger partial charge on any atom is -0.492 e. The summed E-state index contributed by atoms with van der Waals surface area (Å²) in [5.41, 5.74) is 8.97. The van der Waals surface area contributed by atoms with Gasteiger partial charge in [0.1, 0.15) is 12.4 Å². The number of ether oxygens (including phenoxy) is 1. The van der Waals surface area contributed by atoms with Crippen LogP contribution in [0.15, 0.2) is 41.9 Å². The van der Waals surface area contributed by atoms with Crippen molar-refractivity contribution in [2.45, 2.75) is 6.92 Å². The lowest BCUT2D eigenvalue weighted by molar-refractivity contribution is 0.103. The fraction of sp³-hybridized carbons (Fsp3) is 0.222. The molecule has 3 aromatic rings. The van der Waals surface area contributed by atoms with Crippen molar-refractivity contribution in [3.63, 3.8) is 0 Å². The summed E-state index contributed by atoms with van der Waals surface area (Å²) in [7, 11) is 1.86. The Morgan fingerprint density at radius 2 is 2.20 bits per heavy atom. The number of benzene rings is 1. The van der Waals surface area contributed by atoms with Gasteiger partial charge in [0.2, 0.25) is 0 Å². The second kappa shape index (κ2) is 7.50. The van der Waals surface area contributed by atoms with Gasteiger partial charge in [0, 0.05) is 31.0 Å². The highest BCUT2D eigenvalue weighted by molar-refractivity contribution is 7.12. The number of amides is 1. The first-order valence-corrected chi connectivity index (χ1v) is 8.79. The third-order valence-electron chi connectivity index (χ3n) is 3.78. The molecule has 0 saturated carbocycles. The zero-order valence-electron chi connectivity index (χ0n) is 14.2. The van der Waals surface area contributed by atoms with Crippen LogP contribution in [0, 0.1) is 6.92 Å². The van der Waals surface area contributed by atoms with Crippen molar-refractivity contribution in [2.75, 3.05) is 18.5 Å². The van der Waals surface area contributed by atoms with E-state index in [1.54, 1.807) is 10.9 Å². The SMILES string of the molecule is Cc1ccsc1C(=O)Nc1ccc(OCCN)c(-c2ccnn2C)c1. The van der Waals surface area contributed by atoms with E-state index in [0.29, 0.717) is 29.5 Å². The van der Waals surface area contributed by atoms with Crippen molar-refractivity contribution in [1.82, 2.24) is 9.78 Å². The summed E-state index contributed by atoms with van der Waals surface area (Å²) in [4.78, 5) is 13.2. The zero-order chi connectivity index (χ0) is 17.8. The van der Waals surface area contributed by atoms with Crippen LogP contribution in [-0.2, 0) is 7.05 Å². The highest BCUT2D eigenvalue weighted by Gasteiger charge is 2.14. The van der Waals surface area contributed by atoms with Crippen molar-refractivity contribution in [3.8, 4) is 17.0 Å². The number of nitrogens with one attached hydrogen (secondary N) is 1. The predicted molar refractivity (Wildman–Crippen MR) is 100 cm³/mol. The monoisotopic (exact) mass is 356 g/mol. The number of hydrogen-bond donors (Lipinski definition) is 2. The van der Waals surface area contributed by atoms with Crippen LogP contribution in [0.25, 0.3) is 11.3 Å². The number of rotatable bonds is 6. The fourth-order valence-corrected chi connectivity index (χ4v) is 3.35. The molecule has 2 aromatic heterocycles. The van der Waals surface area contributed by atoms with Gasteiger partial charge >= 0.3 is 0 Å². The van der Waals surface area contributed by atoms with E-state index >= 15 is 0 Å². The van der Waals surface area contributed by atoms with Crippen LogP contribution in [0.5, 0.6) is 5.75 Å². The van der Waals surface area contributed by atoms with Gasteiger partial charge in [-0.3, -0.25) is 9.48 Å². The molecule has 0 radical (unpaired) electrons. The first-order valence-electron chi connectivity index (χ1n) is 7.91. The number of carbonyl (C=O) groups is 1. The number of nitrogens with two attached hydrogens (primary N) is 1. The predicted octanol–water partition coefficient (Wildman–Crippen LogP) is 3.05. The van der Waals surface area contributed by atoms with Crippen LogP contribution in [0.2, 0.25) is 0 Å². The van der Waals surface area contributed by atoms with Crippen LogP contribution < -0.4 is 15.8 Å². The van der Waals surface area contributed by atoms with Gasteiger partial charge in [-0.2, -0.15) is 5.10 Å². The molecule has 0 bridgehead atoms. The first-order chi connectivity index (χ1) is 12.1. The van der Waals surface area contributed by atoms with E-state index in [0.717, 1.165) is 16.8 Å². The van der Waals surface area contributed by atoms with Gasteiger partial charge in [-0.15, -0.1) is 11.3 Å². The molecule has 130 valence electrons. The van der Waals surface area contributed by atoms with E-state index in [2.05, 4.69) is 10.4 Å². The van der Waals surface area contributed by atoms with Crippen LogP contribution in [0.1, 0.15) is 15.2 Å². The van der Waals surface area contributed by atoms with Gasteiger partial charge in [0.25, 0.3) is 5.91 Å². The Morgan fingerprint density at radius 1 is 1.36 bits per heavy atom. The average Bonchev–Trinajstić information content (AvgIpc) is 3.21. The summed E-state index contributed by atoms with van der Waals surface area (Å²) in [6.45, 7) is 2.78. The molecule has 0 aliphatic rings. The maximum atomic E-state index is 12.5. The number of anilines is 1. The highest BCUT2D eigenvalue weighted by atomic mass is 32.1. The summed E-state index contributed by atoms with van der Waals surface area (Å²) in [6.07, 6.45) is 1.72. The Kier molecular flexibility index (Phi) is 5.16. The third kappa shape index (κ3) is 3.72. The van der Waals surface area contributed by atoms with Crippen molar-refractivity contribution < 1.29 is 9.53 Å². The molecule has 7 heteroatoms. The van der Waals surface area contributed by atoms with Gasteiger partial charge in [-0.25, -0.2) is 0 Å². The van der Waals surface area contributed by atoms with E-state index in [4.69, 9.17) is 10.5 Å². The van der Waals surface area contributed by atoms with Gasteiger partial charge < -0.3 is 15.8 Å². The molecule has 3 N–H and O–H groups in total. The van der Waals surface area contributed by atoms with Crippen molar-refractivity contribution in [2.24, 2.45) is 12.8 Å². The summed E-state index contributed by atoms with van der Waals surface area (Å²) in [5.74, 6) is 0.596. The Hall–Kier alpha value is -2.64. The van der Waals surface area contributed by atoms with Crippen LogP contribution in [0.3, 0.4) is 0 Å². The number of carbonyl (C=O) groups excluding carboxylic acids is 1. The van der Waals surface area contributed by atoms with Crippen molar-refractivity contribution >= 4 is 22.9 Å². The molecule has 0 saturated heterocycles. The Labute approximate surface area is 150 Å². The van der Waals surface area contributed by atoms with Crippen molar-refractivity contribution in [3.05, 3.63) is 52.3 Å². The molecule has 6 nitrogen and oxygen atoms in total. The van der Waals surface area contributed by atoms with Crippen LogP contribution >= 0.6 is 11.3 Å². The number of hydrogen-bond acceptors (Lipinski definition) is 5. The molecule has 0 spiro atoms. The normalized spacial score (nSPS) is 10.7. The first kappa shape index (κ1) is 17.2. The lowest BCUT2D eigenvalue weighted by Crippen LogP contribution is -2.13. The van der Waals surface area contributed by atoms with E-state index in [9.17, 15) is 4.79 Å². The van der Waals surface area contributed by atoms with Gasteiger partial charge in [0.05, 0.1) is 10.6 Å². The van der Waals surface area contributed by atoms with Gasteiger partial charge in [-0.05, 0) is 48.2 Å². The number of thiophene rings is 1. The average molecular weight is 356 g/mol. The minimum atomic E-state index is -0.112. The van der Waals surface area contributed by atoms with E-state index < -0.39 is 0 Å². The molecule has 0 aliphatic carbocycles. The summed E-state index contributed by atoms with van der Waals surface area (Å²) in [6, 6.07) is 9.40. The van der Waals surface area contributed by atoms with Crippen molar-refractivity contribution in [1.29, 1.82) is 0 Å². The van der Waals surface area contributed by atoms with E-state index in [1.165, 1.54) is 11.3 Å². The highest BCUT2D eigenvalue weighted by Crippen LogP contribution is 2.32. The molecule has 0 atom stereocenters. The molecule has 1 aromatic carbocycles. The largest absolute Gasteiger partial charge is 0.492 e. The smallest absolute Gasteiger partial charge is 0.265 e. The number of aryl methyl sites for hydroxylation is 2. The quantitative estimate of drug-likeness (QED) is 0.711. The second-order valence-electron chi connectivity index (χ2n) is 5.57.